The van der Waals surface area contributed by atoms with E-state index in [-0.39, 0.29) is 17.5 Å². The lowest BCUT2D eigenvalue weighted by Gasteiger charge is -2.32. The predicted molar refractivity (Wildman–Crippen MR) is 94.9 cm³/mol. The van der Waals surface area contributed by atoms with E-state index in [1.807, 2.05) is 11.4 Å². The molecular formula is C18H17F3N4OS. The molecule has 1 amide bonds. The Morgan fingerprint density at radius 3 is 2.85 bits per heavy atom. The van der Waals surface area contributed by atoms with Crippen LogP contribution in [0.2, 0.25) is 0 Å². The third kappa shape index (κ3) is 3.43. The van der Waals surface area contributed by atoms with E-state index in [9.17, 15) is 18.0 Å². The lowest BCUT2D eigenvalue weighted by Crippen LogP contribution is -2.39. The number of halogens is 3. The first-order chi connectivity index (χ1) is 12.8. The molecule has 9 heteroatoms. The molecule has 4 heterocycles. The Morgan fingerprint density at radius 2 is 2.15 bits per heavy atom. The van der Waals surface area contributed by atoms with Crippen LogP contribution in [-0.4, -0.2) is 38.5 Å². The molecule has 4 rings (SSSR count). The number of thiophene rings is 1. The second kappa shape index (κ2) is 6.63. The Bertz CT molecular complexity index is 981. The highest BCUT2D eigenvalue weighted by Gasteiger charge is 2.36. The van der Waals surface area contributed by atoms with Crippen LogP contribution in [0.3, 0.4) is 0 Å². The number of hydrogen-bond donors (Lipinski definition) is 0. The van der Waals surface area contributed by atoms with E-state index >= 15 is 0 Å². The van der Waals surface area contributed by atoms with Crippen molar-refractivity contribution in [1.82, 2.24) is 19.5 Å². The van der Waals surface area contributed by atoms with Gasteiger partial charge in [0.1, 0.15) is 5.69 Å². The number of carbonyl (C=O) groups excluding carboxylic acids is 1. The van der Waals surface area contributed by atoms with Crippen molar-refractivity contribution in [1.29, 1.82) is 0 Å². The number of hydrogen-bond acceptors (Lipinski definition) is 4. The Hall–Kier alpha value is -2.42. The third-order valence-corrected chi connectivity index (χ3v) is 5.58. The van der Waals surface area contributed by atoms with E-state index in [2.05, 4.69) is 10.1 Å². The molecule has 0 saturated carbocycles. The molecule has 27 heavy (non-hydrogen) atoms. The minimum absolute atomic E-state index is 0.0768. The zero-order valence-corrected chi connectivity index (χ0v) is 15.3. The number of aryl methyl sites for hydroxylation is 1. The van der Waals surface area contributed by atoms with Gasteiger partial charge in [-0.15, -0.1) is 11.3 Å². The maximum Gasteiger partial charge on any atom is 0.433 e. The van der Waals surface area contributed by atoms with Gasteiger partial charge in [-0.05, 0) is 37.3 Å². The monoisotopic (exact) mass is 394 g/mol. The number of piperidine rings is 1. The van der Waals surface area contributed by atoms with E-state index in [1.165, 1.54) is 17.4 Å². The lowest BCUT2D eigenvalue weighted by molar-refractivity contribution is -0.142. The molecule has 0 spiro atoms. The molecule has 5 nitrogen and oxygen atoms in total. The van der Waals surface area contributed by atoms with Crippen molar-refractivity contribution < 1.29 is 18.0 Å². The highest BCUT2D eigenvalue weighted by molar-refractivity contribution is 7.12. The molecule has 1 aliphatic heterocycles. The summed E-state index contributed by atoms with van der Waals surface area (Å²) < 4.78 is 41.4. The molecule has 1 fully saturated rings. The number of likely N-dealkylation sites (tertiary alicyclic amines) is 1. The zero-order chi connectivity index (χ0) is 19.2. The summed E-state index contributed by atoms with van der Waals surface area (Å²) in [5.74, 6) is -0.309. The van der Waals surface area contributed by atoms with Crippen molar-refractivity contribution in [2.24, 2.45) is 0 Å². The van der Waals surface area contributed by atoms with E-state index in [0.29, 0.717) is 35.8 Å². The SMILES string of the molecule is Cc1cc2nc([C@@H]3CCCN(C(=O)c4cccs4)C3)cc(C(F)(F)F)n2n1. The summed E-state index contributed by atoms with van der Waals surface area (Å²) in [5, 5.41) is 5.75. The quantitative estimate of drug-likeness (QED) is 0.657. The minimum atomic E-state index is -4.53. The van der Waals surface area contributed by atoms with Crippen LogP contribution in [0, 0.1) is 6.92 Å². The van der Waals surface area contributed by atoms with Crippen molar-refractivity contribution in [3.05, 3.63) is 51.6 Å². The zero-order valence-electron chi connectivity index (χ0n) is 14.5. The number of aromatic nitrogens is 3. The van der Waals surface area contributed by atoms with Crippen LogP contribution in [0.5, 0.6) is 0 Å². The number of amides is 1. The number of alkyl halides is 3. The average Bonchev–Trinajstić information content (AvgIpc) is 3.28. The van der Waals surface area contributed by atoms with E-state index in [0.717, 1.165) is 17.0 Å². The van der Waals surface area contributed by atoms with Gasteiger partial charge < -0.3 is 4.90 Å². The van der Waals surface area contributed by atoms with Gasteiger partial charge in [0.05, 0.1) is 10.6 Å². The fraction of sp³-hybridized carbons (Fsp3) is 0.389. The van der Waals surface area contributed by atoms with Crippen LogP contribution in [-0.2, 0) is 6.18 Å². The maximum absolute atomic E-state index is 13.5. The van der Waals surface area contributed by atoms with Gasteiger partial charge in [-0.3, -0.25) is 4.79 Å². The highest BCUT2D eigenvalue weighted by atomic mass is 32.1. The normalized spacial score (nSPS) is 18.2. The topological polar surface area (TPSA) is 50.5 Å². The molecule has 0 unspecified atom stereocenters. The van der Waals surface area contributed by atoms with Gasteiger partial charge >= 0.3 is 6.18 Å². The van der Waals surface area contributed by atoms with Gasteiger partial charge in [-0.25, -0.2) is 9.50 Å². The van der Waals surface area contributed by atoms with Crippen LogP contribution in [0.4, 0.5) is 13.2 Å². The fourth-order valence-corrected chi connectivity index (χ4v) is 4.17. The second-order valence-corrected chi connectivity index (χ2v) is 7.64. The number of rotatable bonds is 2. The molecule has 3 aromatic rings. The standard InChI is InChI=1S/C18H17F3N4OS/c1-11-8-16-22-13(9-15(18(19,20)21)25(16)23-11)12-4-2-6-24(10-12)17(26)14-5-3-7-27-14/h3,5,7-9,12H,2,4,6,10H2,1H3/t12-/m1/s1. The van der Waals surface area contributed by atoms with Crippen LogP contribution >= 0.6 is 11.3 Å². The molecule has 0 radical (unpaired) electrons. The molecule has 1 atom stereocenters. The van der Waals surface area contributed by atoms with Crippen molar-refractivity contribution in [2.75, 3.05) is 13.1 Å². The molecule has 3 aromatic heterocycles. The number of carbonyl (C=O) groups is 1. The molecule has 0 aromatic carbocycles. The summed E-state index contributed by atoms with van der Waals surface area (Å²) >= 11 is 1.36. The Kier molecular flexibility index (Phi) is 4.41. The molecule has 1 aliphatic rings. The largest absolute Gasteiger partial charge is 0.433 e. The summed E-state index contributed by atoms with van der Waals surface area (Å²) in [6.45, 7) is 2.61. The number of nitrogens with zero attached hydrogens (tertiary/aromatic N) is 4. The highest BCUT2D eigenvalue weighted by Crippen LogP contribution is 2.34. The van der Waals surface area contributed by atoms with Gasteiger partial charge in [0.25, 0.3) is 5.91 Å². The van der Waals surface area contributed by atoms with Gasteiger partial charge in [-0.2, -0.15) is 18.3 Å². The van der Waals surface area contributed by atoms with Gasteiger partial charge in [0.2, 0.25) is 0 Å². The van der Waals surface area contributed by atoms with Gasteiger partial charge in [0, 0.05) is 30.8 Å². The van der Waals surface area contributed by atoms with Crippen LogP contribution < -0.4 is 0 Å². The molecule has 0 aliphatic carbocycles. The predicted octanol–water partition coefficient (Wildman–Crippen LogP) is 4.14. The second-order valence-electron chi connectivity index (χ2n) is 6.69. The first-order valence-corrected chi connectivity index (χ1v) is 9.48. The Balaban J connectivity index is 1.68. The summed E-state index contributed by atoms with van der Waals surface area (Å²) in [7, 11) is 0. The van der Waals surface area contributed by atoms with Crippen molar-refractivity contribution >= 4 is 22.9 Å². The van der Waals surface area contributed by atoms with Gasteiger partial charge in [0.15, 0.2) is 5.65 Å². The van der Waals surface area contributed by atoms with Crippen molar-refractivity contribution in [3.63, 3.8) is 0 Å². The Morgan fingerprint density at radius 1 is 1.33 bits per heavy atom. The van der Waals surface area contributed by atoms with Crippen LogP contribution in [0.25, 0.3) is 5.65 Å². The van der Waals surface area contributed by atoms with E-state index in [4.69, 9.17) is 0 Å². The summed E-state index contributed by atoms with van der Waals surface area (Å²) in [5.41, 5.74) is 0.179. The van der Waals surface area contributed by atoms with E-state index in [1.54, 1.807) is 17.9 Å². The number of fused-ring (bicyclic) bond motifs is 1. The first-order valence-electron chi connectivity index (χ1n) is 8.60. The van der Waals surface area contributed by atoms with Gasteiger partial charge in [-0.1, -0.05) is 6.07 Å². The third-order valence-electron chi connectivity index (χ3n) is 4.72. The average molecular weight is 394 g/mol. The molecule has 0 bridgehead atoms. The Labute approximate surface area is 157 Å². The minimum Gasteiger partial charge on any atom is -0.337 e. The molecule has 0 N–H and O–H groups in total. The lowest BCUT2D eigenvalue weighted by atomic mass is 9.94. The summed E-state index contributed by atoms with van der Waals surface area (Å²) in [4.78, 5) is 19.4. The molecule has 1 saturated heterocycles. The fourth-order valence-electron chi connectivity index (χ4n) is 3.48. The first kappa shape index (κ1) is 18.0. The van der Waals surface area contributed by atoms with Crippen molar-refractivity contribution in [2.45, 2.75) is 31.9 Å². The summed E-state index contributed by atoms with van der Waals surface area (Å²) in [6.07, 6.45) is -3.11. The molecular weight excluding hydrogens is 377 g/mol. The maximum atomic E-state index is 13.5. The smallest absolute Gasteiger partial charge is 0.337 e. The summed E-state index contributed by atoms with van der Waals surface area (Å²) in [6, 6.07) is 6.18. The van der Waals surface area contributed by atoms with E-state index < -0.39 is 11.9 Å². The van der Waals surface area contributed by atoms with Crippen LogP contribution in [0.1, 0.15) is 45.5 Å². The molecule has 142 valence electrons. The van der Waals surface area contributed by atoms with Crippen LogP contribution in [0.15, 0.2) is 29.6 Å². The van der Waals surface area contributed by atoms with Crippen molar-refractivity contribution in [3.8, 4) is 0 Å².